The van der Waals surface area contributed by atoms with E-state index in [1.54, 1.807) is 0 Å². The molecule has 1 atom stereocenters. The van der Waals surface area contributed by atoms with Gasteiger partial charge in [0.1, 0.15) is 0 Å². The first kappa shape index (κ1) is 14.1. The van der Waals surface area contributed by atoms with E-state index in [4.69, 9.17) is 5.73 Å². The zero-order chi connectivity index (χ0) is 14.0. The van der Waals surface area contributed by atoms with Crippen molar-refractivity contribution >= 4 is 0 Å². The average molecular weight is 272 g/mol. The summed E-state index contributed by atoms with van der Waals surface area (Å²) in [5, 5.41) is 0. The Bertz CT molecular complexity index is 421. The summed E-state index contributed by atoms with van der Waals surface area (Å²) in [4.78, 5) is 2.58. The number of benzene rings is 1. The molecule has 1 heterocycles. The van der Waals surface area contributed by atoms with E-state index in [1.807, 2.05) is 0 Å². The van der Waals surface area contributed by atoms with Crippen molar-refractivity contribution in [1.82, 2.24) is 4.90 Å². The van der Waals surface area contributed by atoms with Crippen LogP contribution in [0.15, 0.2) is 24.3 Å². The lowest BCUT2D eigenvalue weighted by Crippen LogP contribution is -2.42. The number of hydrogen-bond acceptors (Lipinski definition) is 2. The molecular formula is C18H28N2. The molecule has 0 aromatic heterocycles. The summed E-state index contributed by atoms with van der Waals surface area (Å²) in [5.74, 6) is 0. The molecule has 2 aliphatic rings. The van der Waals surface area contributed by atoms with Crippen molar-refractivity contribution < 1.29 is 0 Å². The second kappa shape index (κ2) is 5.87. The van der Waals surface area contributed by atoms with Crippen molar-refractivity contribution in [1.29, 1.82) is 0 Å². The molecule has 2 N–H and O–H groups in total. The molecule has 20 heavy (non-hydrogen) atoms. The molecule has 1 saturated heterocycles. The molecule has 0 bridgehead atoms. The van der Waals surface area contributed by atoms with Crippen LogP contribution < -0.4 is 5.73 Å². The molecule has 110 valence electrons. The average Bonchev–Trinajstić information content (AvgIpc) is 2.91. The van der Waals surface area contributed by atoms with E-state index in [9.17, 15) is 0 Å². The molecule has 0 radical (unpaired) electrons. The molecule has 2 nitrogen and oxygen atoms in total. The number of rotatable bonds is 3. The van der Waals surface area contributed by atoms with Gasteiger partial charge in [0, 0.05) is 12.6 Å². The zero-order valence-electron chi connectivity index (χ0n) is 12.8. The van der Waals surface area contributed by atoms with Gasteiger partial charge in [0.05, 0.1) is 0 Å². The lowest BCUT2D eigenvalue weighted by atomic mass is 9.77. The molecule has 1 aromatic rings. The predicted octanol–water partition coefficient (Wildman–Crippen LogP) is 3.65. The SMILES string of the molecule is Cc1ccc(C(N)CN2CCC3(CCCC3)CC2)cc1. The van der Waals surface area contributed by atoms with E-state index in [2.05, 4.69) is 36.1 Å². The number of hydrogen-bond donors (Lipinski definition) is 1. The largest absolute Gasteiger partial charge is 0.323 e. The third kappa shape index (κ3) is 3.07. The first-order valence-corrected chi connectivity index (χ1v) is 8.21. The van der Waals surface area contributed by atoms with Crippen LogP contribution in [0.4, 0.5) is 0 Å². The third-order valence-corrected chi connectivity index (χ3v) is 5.54. The summed E-state index contributed by atoms with van der Waals surface area (Å²) in [6.45, 7) is 5.64. The van der Waals surface area contributed by atoms with E-state index in [0.29, 0.717) is 5.41 Å². The van der Waals surface area contributed by atoms with Crippen LogP contribution in [0.2, 0.25) is 0 Å². The second-order valence-electron chi connectivity index (χ2n) is 7.02. The summed E-state index contributed by atoms with van der Waals surface area (Å²) >= 11 is 0. The van der Waals surface area contributed by atoms with Gasteiger partial charge in [-0.25, -0.2) is 0 Å². The number of aryl methyl sites for hydroxylation is 1. The summed E-state index contributed by atoms with van der Waals surface area (Å²) in [6.07, 6.45) is 8.67. The Morgan fingerprint density at radius 3 is 2.25 bits per heavy atom. The Hall–Kier alpha value is -0.860. The number of piperidine rings is 1. The van der Waals surface area contributed by atoms with Crippen LogP contribution in [0, 0.1) is 12.3 Å². The van der Waals surface area contributed by atoms with Gasteiger partial charge in [0.15, 0.2) is 0 Å². The summed E-state index contributed by atoms with van der Waals surface area (Å²) in [5.41, 5.74) is 9.67. The lowest BCUT2D eigenvalue weighted by molar-refractivity contribution is 0.104. The number of nitrogens with zero attached hydrogens (tertiary/aromatic N) is 1. The maximum atomic E-state index is 6.38. The van der Waals surface area contributed by atoms with Gasteiger partial charge >= 0.3 is 0 Å². The second-order valence-corrected chi connectivity index (χ2v) is 7.02. The molecule has 1 aliphatic heterocycles. The Labute approximate surface area is 123 Å². The van der Waals surface area contributed by atoms with E-state index in [-0.39, 0.29) is 6.04 Å². The first-order chi connectivity index (χ1) is 9.67. The van der Waals surface area contributed by atoms with Gasteiger partial charge in [-0.15, -0.1) is 0 Å². The highest BCUT2D eigenvalue weighted by atomic mass is 15.1. The normalized spacial score (nSPS) is 24.1. The highest BCUT2D eigenvalue weighted by Gasteiger charge is 2.36. The first-order valence-electron chi connectivity index (χ1n) is 8.21. The van der Waals surface area contributed by atoms with Crippen LogP contribution in [0.1, 0.15) is 55.7 Å². The van der Waals surface area contributed by atoms with Crippen molar-refractivity contribution in [3.63, 3.8) is 0 Å². The molecular weight excluding hydrogens is 244 g/mol. The molecule has 1 unspecified atom stereocenters. The van der Waals surface area contributed by atoms with Crippen LogP contribution in [0.3, 0.4) is 0 Å². The molecule has 3 rings (SSSR count). The predicted molar refractivity (Wildman–Crippen MR) is 84.7 cm³/mol. The molecule has 2 heteroatoms. The molecule has 1 aliphatic carbocycles. The van der Waals surface area contributed by atoms with Crippen LogP contribution in [-0.2, 0) is 0 Å². The summed E-state index contributed by atoms with van der Waals surface area (Å²) < 4.78 is 0. The quantitative estimate of drug-likeness (QED) is 0.910. The fraction of sp³-hybridized carbons (Fsp3) is 0.667. The smallest absolute Gasteiger partial charge is 0.0424 e. The molecule has 1 saturated carbocycles. The maximum Gasteiger partial charge on any atom is 0.0424 e. The van der Waals surface area contributed by atoms with E-state index < -0.39 is 0 Å². The molecule has 2 fully saturated rings. The van der Waals surface area contributed by atoms with Gasteiger partial charge in [0.2, 0.25) is 0 Å². The minimum absolute atomic E-state index is 0.160. The minimum Gasteiger partial charge on any atom is -0.323 e. The van der Waals surface area contributed by atoms with Gasteiger partial charge in [-0.2, -0.15) is 0 Å². The Balaban J connectivity index is 1.52. The fourth-order valence-corrected chi connectivity index (χ4v) is 4.03. The number of nitrogens with two attached hydrogens (primary N) is 1. The molecule has 0 amide bonds. The van der Waals surface area contributed by atoms with E-state index in [1.165, 1.54) is 62.7 Å². The minimum atomic E-state index is 0.160. The summed E-state index contributed by atoms with van der Waals surface area (Å²) in [6, 6.07) is 8.86. The number of likely N-dealkylation sites (tertiary alicyclic amines) is 1. The van der Waals surface area contributed by atoms with E-state index >= 15 is 0 Å². The highest BCUT2D eigenvalue weighted by molar-refractivity contribution is 5.24. The third-order valence-electron chi connectivity index (χ3n) is 5.54. The van der Waals surface area contributed by atoms with Crippen molar-refractivity contribution in [2.75, 3.05) is 19.6 Å². The van der Waals surface area contributed by atoms with E-state index in [0.717, 1.165) is 6.54 Å². The van der Waals surface area contributed by atoms with Crippen LogP contribution in [0.25, 0.3) is 0 Å². The lowest BCUT2D eigenvalue weighted by Gasteiger charge is -2.40. The van der Waals surface area contributed by atoms with Gasteiger partial charge in [-0.05, 0) is 56.7 Å². The monoisotopic (exact) mass is 272 g/mol. The molecule has 1 spiro atoms. The maximum absolute atomic E-state index is 6.38. The van der Waals surface area contributed by atoms with Gasteiger partial charge < -0.3 is 10.6 Å². The van der Waals surface area contributed by atoms with Crippen molar-refractivity contribution in [3.8, 4) is 0 Å². The van der Waals surface area contributed by atoms with Crippen molar-refractivity contribution in [2.24, 2.45) is 11.1 Å². The Kier molecular flexibility index (Phi) is 4.13. The van der Waals surface area contributed by atoms with Gasteiger partial charge in [-0.1, -0.05) is 42.7 Å². The topological polar surface area (TPSA) is 29.3 Å². The molecule has 1 aromatic carbocycles. The Morgan fingerprint density at radius 1 is 1.05 bits per heavy atom. The Morgan fingerprint density at radius 2 is 1.65 bits per heavy atom. The van der Waals surface area contributed by atoms with Crippen LogP contribution in [0.5, 0.6) is 0 Å². The van der Waals surface area contributed by atoms with Gasteiger partial charge in [0.25, 0.3) is 0 Å². The fourth-order valence-electron chi connectivity index (χ4n) is 4.03. The van der Waals surface area contributed by atoms with Crippen LogP contribution in [-0.4, -0.2) is 24.5 Å². The standard InChI is InChI=1S/C18H28N2/c1-15-4-6-16(7-5-15)17(19)14-20-12-10-18(11-13-20)8-2-3-9-18/h4-7,17H,2-3,8-14,19H2,1H3. The van der Waals surface area contributed by atoms with Crippen molar-refractivity contribution in [2.45, 2.75) is 51.5 Å². The van der Waals surface area contributed by atoms with Crippen molar-refractivity contribution in [3.05, 3.63) is 35.4 Å². The van der Waals surface area contributed by atoms with Gasteiger partial charge in [-0.3, -0.25) is 0 Å². The zero-order valence-corrected chi connectivity index (χ0v) is 12.8. The van der Waals surface area contributed by atoms with Crippen LogP contribution >= 0.6 is 0 Å². The summed E-state index contributed by atoms with van der Waals surface area (Å²) in [7, 11) is 0. The highest BCUT2D eigenvalue weighted by Crippen LogP contribution is 2.46.